The quantitative estimate of drug-likeness (QED) is 0.801. The molecule has 0 saturated carbocycles. The first-order valence-electron chi connectivity index (χ1n) is 6.54. The predicted molar refractivity (Wildman–Crippen MR) is 85.6 cm³/mol. The maximum atomic E-state index is 12.4. The standard InChI is InChI=1S/C14H21NO4S2/c1-5-10-6-7-11(13(16)17)8-12(10)21(18,19)15-9-14(2,3)20-4/h6-8,15H,5,9H2,1-4H3,(H,16,17). The van der Waals surface area contributed by atoms with Gasteiger partial charge in [0.15, 0.2) is 0 Å². The summed E-state index contributed by atoms with van der Waals surface area (Å²) >= 11 is 1.56. The Morgan fingerprint density at radius 1 is 1.38 bits per heavy atom. The molecule has 1 aromatic rings. The molecule has 0 aliphatic heterocycles. The third-order valence-corrected chi connectivity index (χ3v) is 5.96. The van der Waals surface area contributed by atoms with Gasteiger partial charge in [-0.2, -0.15) is 11.8 Å². The lowest BCUT2D eigenvalue weighted by Crippen LogP contribution is -2.36. The van der Waals surface area contributed by atoms with Gasteiger partial charge in [0.25, 0.3) is 0 Å². The van der Waals surface area contributed by atoms with E-state index in [-0.39, 0.29) is 21.8 Å². The van der Waals surface area contributed by atoms with Crippen molar-refractivity contribution in [3.8, 4) is 0 Å². The third kappa shape index (κ3) is 4.72. The van der Waals surface area contributed by atoms with E-state index in [1.54, 1.807) is 17.8 Å². The summed E-state index contributed by atoms with van der Waals surface area (Å²) in [5.41, 5.74) is 0.575. The Balaban J connectivity index is 3.17. The summed E-state index contributed by atoms with van der Waals surface area (Å²) in [4.78, 5) is 11.1. The highest BCUT2D eigenvalue weighted by molar-refractivity contribution is 8.00. The van der Waals surface area contributed by atoms with Crippen LogP contribution in [0, 0.1) is 0 Å². The van der Waals surface area contributed by atoms with Crippen LogP contribution in [-0.4, -0.2) is 37.0 Å². The Morgan fingerprint density at radius 3 is 2.48 bits per heavy atom. The van der Waals surface area contributed by atoms with Crippen molar-refractivity contribution in [1.29, 1.82) is 0 Å². The maximum absolute atomic E-state index is 12.4. The van der Waals surface area contributed by atoms with Crippen LogP contribution in [0.2, 0.25) is 0 Å². The van der Waals surface area contributed by atoms with E-state index in [0.29, 0.717) is 12.0 Å². The van der Waals surface area contributed by atoms with Gasteiger partial charge in [0.05, 0.1) is 10.5 Å². The Labute approximate surface area is 130 Å². The van der Waals surface area contributed by atoms with Crippen molar-refractivity contribution in [2.75, 3.05) is 12.8 Å². The summed E-state index contributed by atoms with van der Waals surface area (Å²) in [7, 11) is -3.73. The Hall–Kier alpha value is -1.05. The summed E-state index contributed by atoms with van der Waals surface area (Å²) in [5, 5.41) is 9.02. The lowest BCUT2D eigenvalue weighted by Gasteiger charge is -2.22. The number of sulfonamides is 1. The van der Waals surface area contributed by atoms with E-state index in [4.69, 9.17) is 5.11 Å². The largest absolute Gasteiger partial charge is 0.478 e. The van der Waals surface area contributed by atoms with Gasteiger partial charge >= 0.3 is 5.97 Å². The Morgan fingerprint density at radius 2 is 2.00 bits per heavy atom. The van der Waals surface area contributed by atoms with Crippen LogP contribution in [-0.2, 0) is 16.4 Å². The zero-order valence-electron chi connectivity index (χ0n) is 12.6. The molecular formula is C14H21NO4S2. The van der Waals surface area contributed by atoms with Crippen LogP contribution in [0.3, 0.4) is 0 Å². The molecule has 1 rings (SSSR count). The molecule has 0 saturated heterocycles. The molecular weight excluding hydrogens is 310 g/mol. The van der Waals surface area contributed by atoms with Gasteiger partial charge in [-0.15, -0.1) is 0 Å². The lowest BCUT2D eigenvalue weighted by molar-refractivity contribution is 0.0696. The number of carboxylic acid groups (broad SMARTS) is 1. The van der Waals surface area contributed by atoms with E-state index in [2.05, 4.69) is 4.72 Å². The van der Waals surface area contributed by atoms with E-state index in [9.17, 15) is 13.2 Å². The molecule has 0 aliphatic carbocycles. The fraction of sp³-hybridized carbons (Fsp3) is 0.500. The van der Waals surface area contributed by atoms with Crippen LogP contribution >= 0.6 is 11.8 Å². The van der Waals surface area contributed by atoms with E-state index in [0.717, 1.165) is 0 Å². The van der Waals surface area contributed by atoms with Gasteiger partial charge in [0.2, 0.25) is 10.0 Å². The second-order valence-corrected chi connectivity index (χ2v) is 8.52. The van der Waals surface area contributed by atoms with E-state index < -0.39 is 16.0 Å². The SMILES string of the molecule is CCc1ccc(C(=O)O)cc1S(=O)(=O)NCC(C)(C)SC. The van der Waals surface area contributed by atoms with Crippen LogP contribution in [0.15, 0.2) is 23.1 Å². The molecule has 0 radical (unpaired) electrons. The van der Waals surface area contributed by atoms with Gasteiger partial charge in [-0.1, -0.05) is 13.0 Å². The molecule has 118 valence electrons. The molecule has 5 nitrogen and oxygen atoms in total. The number of thioether (sulfide) groups is 1. The number of rotatable bonds is 7. The minimum atomic E-state index is -3.73. The number of hydrogen-bond donors (Lipinski definition) is 2. The molecule has 0 aliphatic rings. The summed E-state index contributed by atoms with van der Waals surface area (Å²) in [5.74, 6) is -1.14. The molecule has 0 bridgehead atoms. The number of benzene rings is 1. The van der Waals surface area contributed by atoms with E-state index in [1.165, 1.54) is 12.1 Å². The molecule has 0 heterocycles. The molecule has 0 amide bonds. The minimum Gasteiger partial charge on any atom is -0.478 e. The first-order chi connectivity index (χ1) is 9.63. The highest BCUT2D eigenvalue weighted by atomic mass is 32.2. The number of carboxylic acids is 1. The van der Waals surface area contributed by atoms with Crippen molar-refractivity contribution in [3.63, 3.8) is 0 Å². The van der Waals surface area contributed by atoms with Gasteiger partial charge in [0, 0.05) is 11.3 Å². The summed E-state index contributed by atoms with van der Waals surface area (Å²) in [6.45, 7) is 5.99. The smallest absolute Gasteiger partial charge is 0.335 e. The zero-order valence-corrected chi connectivity index (χ0v) is 14.3. The Kier molecular flexibility index (Phi) is 5.83. The second-order valence-electron chi connectivity index (χ2n) is 5.27. The zero-order chi connectivity index (χ0) is 16.3. The molecule has 21 heavy (non-hydrogen) atoms. The van der Waals surface area contributed by atoms with E-state index in [1.807, 2.05) is 27.0 Å². The molecule has 0 fully saturated rings. The van der Waals surface area contributed by atoms with Crippen LogP contribution in [0.5, 0.6) is 0 Å². The first kappa shape index (κ1) is 18.0. The molecule has 1 aromatic carbocycles. The normalized spacial score (nSPS) is 12.4. The number of hydrogen-bond acceptors (Lipinski definition) is 4. The van der Waals surface area contributed by atoms with Gasteiger partial charge in [-0.05, 0) is 44.2 Å². The number of aryl methyl sites for hydroxylation is 1. The molecule has 0 spiro atoms. The van der Waals surface area contributed by atoms with Crippen molar-refractivity contribution in [2.45, 2.75) is 36.8 Å². The van der Waals surface area contributed by atoms with Crippen molar-refractivity contribution in [3.05, 3.63) is 29.3 Å². The van der Waals surface area contributed by atoms with Gasteiger partial charge in [-0.3, -0.25) is 0 Å². The van der Waals surface area contributed by atoms with Gasteiger partial charge < -0.3 is 5.11 Å². The average Bonchev–Trinajstić information content (AvgIpc) is 2.44. The molecule has 0 unspecified atom stereocenters. The topological polar surface area (TPSA) is 83.5 Å². The number of aromatic carboxylic acids is 1. The fourth-order valence-electron chi connectivity index (χ4n) is 1.65. The molecule has 0 aromatic heterocycles. The first-order valence-corrected chi connectivity index (χ1v) is 9.25. The lowest BCUT2D eigenvalue weighted by atomic mass is 10.1. The highest BCUT2D eigenvalue weighted by Gasteiger charge is 2.24. The van der Waals surface area contributed by atoms with Gasteiger partial charge in [0.1, 0.15) is 0 Å². The summed E-state index contributed by atoms with van der Waals surface area (Å²) in [6.07, 6.45) is 2.43. The summed E-state index contributed by atoms with van der Waals surface area (Å²) in [6, 6.07) is 4.19. The number of carbonyl (C=O) groups is 1. The highest BCUT2D eigenvalue weighted by Crippen LogP contribution is 2.22. The van der Waals surface area contributed by atoms with Crippen molar-refractivity contribution in [1.82, 2.24) is 4.72 Å². The second kappa shape index (κ2) is 6.81. The van der Waals surface area contributed by atoms with Crippen LogP contribution < -0.4 is 4.72 Å². The van der Waals surface area contributed by atoms with Crippen LogP contribution in [0.1, 0.15) is 36.7 Å². The molecule has 7 heteroatoms. The average molecular weight is 331 g/mol. The maximum Gasteiger partial charge on any atom is 0.335 e. The van der Waals surface area contributed by atoms with Crippen molar-refractivity contribution < 1.29 is 18.3 Å². The Bertz CT molecular complexity index is 624. The van der Waals surface area contributed by atoms with Crippen LogP contribution in [0.4, 0.5) is 0 Å². The van der Waals surface area contributed by atoms with Crippen molar-refractivity contribution >= 4 is 27.8 Å². The third-order valence-electron chi connectivity index (χ3n) is 3.23. The van der Waals surface area contributed by atoms with E-state index >= 15 is 0 Å². The fourth-order valence-corrected chi connectivity index (χ4v) is 3.50. The van der Waals surface area contributed by atoms with Crippen LogP contribution in [0.25, 0.3) is 0 Å². The monoisotopic (exact) mass is 331 g/mol. The number of nitrogens with one attached hydrogen (secondary N) is 1. The summed E-state index contributed by atoms with van der Waals surface area (Å²) < 4.78 is 27.2. The minimum absolute atomic E-state index is 0.0308. The molecule has 0 atom stereocenters. The molecule has 2 N–H and O–H groups in total. The van der Waals surface area contributed by atoms with Crippen molar-refractivity contribution in [2.24, 2.45) is 0 Å². The predicted octanol–water partition coefficient (Wildman–Crippen LogP) is 2.37. The van der Waals surface area contributed by atoms with Gasteiger partial charge in [-0.25, -0.2) is 17.9 Å².